The number of para-hydroxylation sites is 1. The highest BCUT2D eigenvalue weighted by Gasteiger charge is 2.28. The average molecular weight is 435 g/mol. The van der Waals surface area contributed by atoms with E-state index in [9.17, 15) is 4.79 Å². The molecule has 1 aromatic heterocycles. The second-order valence-electron chi connectivity index (χ2n) is 7.44. The monoisotopic (exact) mass is 435 g/mol. The van der Waals surface area contributed by atoms with Crippen molar-refractivity contribution in [1.29, 1.82) is 0 Å². The molecule has 32 heavy (non-hydrogen) atoms. The van der Waals surface area contributed by atoms with E-state index in [2.05, 4.69) is 15.5 Å². The molecule has 3 aromatic rings. The lowest BCUT2D eigenvalue weighted by molar-refractivity contribution is -0.111. The lowest BCUT2D eigenvalue weighted by Gasteiger charge is -2.12. The molecular formula is C24H25N3O5. The summed E-state index contributed by atoms with van der Waals surface area (Å²) >= 11 is 0. The van der Waals surface area contributed by atoms with Gasteiger partial charge in [0.2, 0.25) is 17.5 Å². The lowest BCUT2D eigenvalue weighted by atomic mass is 10.1. The van der Waals surface area contributed by atoms with Crippen molar-refractivity contribution in [2.24, 2.45) is 0 Å². The molecule has 1 aliphatic rings. The van der Waals surface area contributed by atoms with Gasteiger partial charge in [0.05, 0.1) is 27.8 Å². The summed E-state index contributed by atoms with van der Waals surface area (Å²) in [6.45, 7) is 0. The van der Waals surface area contributed by atoms with E-state index in [-0.39, 0.29) is 5.91 Å². The number of methoxy groups -OCH3 is 3. The number of benzene rings is 2. The van der Waals surface area contributed by atoms with E-state index in [1.54, 1.807) is 39.5 Å². The largest absolute Gasteiger partial charge is 0.493 e. The summed E-state index contributed by atoms with van der Waals surface area (Å²) in [7, 11) is 4.64. The summed E-state index contributed by atoms with van der Waals surface area (Å²) in [5.41, 5.74) is 2.33. The standard InChI is InChI=1S/C24H25N3O5/c1-29-19-12-15(13-20(30-2)23(19)31-3)8-11-21(28)25-18-7-5-4-6-17(18)14-22-26-24(27-32-22)16-9-10-16/h4-8,11-13,16H,9-10,14H2,1-3H3,(H,25,28). The highest BCUT2D eigenvalue weighted by Crippen LogP contribution is 2.39. The van der Waals surface area contributed by atoms with Gasteiger partial charge in [0, 0.05) is 17.7 Å². The van der Waals surface area contributed by atoms with Crippen LogP contribution in [0, 0.1) is 0 Å². The van der Waals surface area contributed by atoms with Crippen molar-refractivity contribution in [3.8, 4) is 17.2 Å². The molecule has 0 aliphatic heterocycles. The summed E-state index contributed by atoms with van der Waals surface area (Å²) in [4.78, 5) is 17.1. The van der Waals surface area contributed by atoms with Crippen LogP contribution in [0.2, 0.25) is 0 Å². The Balaban J connectivity index is 1.47. The minimum atomic E-state index is -0.268. The molecule has 0 saturated heterocycles. The number of nitrogens with zero attached hydrogens (tertiary/aromatic N) is 2. The molecule has 1 fully saturated rings. The Kier molecular flexibility index (Phi) is 6.39. The Bertz CT molecular complexity index is 1110. The van der Waals surface area contributed by atoms with E-state index in [1.807, 2.05) is 24.3 Å². The number of amides is 1. The van der Waals surface area contributed by atoms with Crippen LogP contribution in [-0.2, 0) is 11.2 Å². The van der Waals surface area contributed by atoms with Gasteiger partial charge in [0.15, 0.2) is 17.3 Å². The maximum atomic E-state index is 12.6. The van der Waals surface area contributed by atoms with Crippen LogP contribution in [0.25, 0.3) is 6.08 Å². The fourth-order valence-electron chi connectivity index (χ4n) is 3.35. The van der Waals surface area contributed by atoms with Crippen LogP contribution in [0.5, 0.6) is 17.2 Å². The number of nitrogens with one attached hydrogen (secondary N) is 1. The second kappa shape index (κ2) is 9.55. The molecule has 1 aliphatic carbocycles. The molecule has 166 valence electrons. The third-order valence-corrected chi connectivity index (χ3v) is 5.16. The van der Waals surface area contributed by atoms with Gasteiger partial charge >= 0.3 is 0 Å². The van der Waals surface area contributed by atoms with Crippen molar-refractivity contribution in [2.45, 2.75) is 25.2 Å². The van der Waals surface area contributed by atoms with E-state index >= 15 is 0 Å². The second-order valence-corrected chi connectivity index (χ2v) is 7.44. The summed E-state index contributed by atoms with van der Waals surface area (Å²) in [5, 5.41) is 6.97. The van der Waals surface area contributed by atoms with Gasteiger partial charge in [-0.15, -0.1) is 0 Å². The van der Waals surface area contributed by atoms with Crippen molar-refractivity contribution >= 4 is 17.7 Å². The third-order valence-electron chi connectivity index (χ3n) is 5.16. The van der Waals surface area contributed by atoms with Crippen molar-refractivity contribution in [3.63, 3.8) is 0 Å². The zero-order valence-electron chi connectivity index (χ0n) is 18.3. The van der Waals surface area contributed by atoms with Gasteiger partial charge in [-0.25, -0.2) is 0 Å². The molecular weight excluding hydrogens is 410 g/mol. The Morgan fingerprint density at radius 2 is 1.84 bits per heavy atom. The van der Waals surface area contributed by atoms with Crippen LogP contribution in [0.1, 0.15) is 41.6 Å². The Hall–Kier alpha value is -3.81. The van der Waals surface area contributed by atoms with E-state index in [1.165, 1.54) is 6.08 Å². The van der Waals surface area contributed by atoms with Gasteiger partial charge in [0.25, 0.3) is 0 Å². The van der Waals surface area contributed by atoms with Gasteiger partial charge < -0.3 is 24.1 Å². The molecule has 1 heterocycles. The van der Waals surface area contributed by atoms with Crippen LogP contribution < -0.4 is 19.5 Å². The highest BCUT2D eigenvalue weighted by molar-refractivity contribution is 6.02. The van der Waals surface area contributed by atoms with Gasteiger partial charge in [0.1, 0.15) is 0 Å². The molecule has 4 rings (SSSR count). The van der Waals surface area contributed by atoms with Gasteiger partial charge in [-0.05, 0) is 48.2 Å². The molecule has 1 amide bonds. The summed E-state index contributed by atoms with van der Waals surface area (Å²) in [6, 6.07) is 11.1. The molecule has 8 heteroatoms. The van der Waals surface area contributed by atoms with Gasteiger partial charge in [-0.1, -0.05) is 23.4 Å². The SMILES string of the molecule is COc1cc(C=CC(=O)Nc2ccccc2Cc2nc(C3CC3)no2)cc(OC)c1OC. The zero-order chi connectivity index (χ0) is 22.5. The first-order valence-corrected chi connectivity index (χ1v) is 10.3. The maximum Gasteiger partial charge on any atom is 0.248 e. The number of anilines is 1. The molecule has 0 unspecified atom stereocenters. The van der Waals surface area contributed by atoms with E-state index in [0.717, 1.165) is 29.8 Å². The molecule has 0 radical (unpaired) electrons. The predicted octanol–water partition coefficient (Wildman–Crippen LogP) is 4.22. The van der Waals surface area contributed by atoms with Crippen molar-refractivity contribution in [2.75, 3.05) is 26.6 Å². The Morgan fingerprint density at radius 1 is 1.12 bits per heavy atom. The van der Waals surface area contributed by atoms with Crippen molar-refractivity contribution in [1.82, 2.24) is 10.1 Å². The maximum absolute atomic E-state index is 12.6. The number of hydrogen-bond acceptors (Lipinski definition) is 7. The summed E-state index contributed by atoms with van der Waals surface area (Å²) < 4.78 is 21.4. The predicted molar refractivity (Wildman–Crippen MR) is 119 cm³/mol. The lowest BCUT2D eigenvalue weighted by Crippen LogP contribution is -2.10. The number of rotatable bonds is 9. The minimum absolute atomic E-state index is 0.268. The third kappa shape index (κ3) is 4.91. The van der Waals surface area contributed by atoms with Crippen molar-refractivity contribution < 1.29 is 23.5 Å². The van der Waals surface area contributed by atoms with Gasteiger partial charge in [-0.2, -0.15) is 4.98 Å². The number of ether oxygens (including phenoxy) is 3. The van der Waals surface area contributed by atoms with E-state index in [0.29, 0.717) is 41.2 Å². The molecule has 0 spiro atoms. The minimum Gasteiger partial charge on any atom is -0.493 e. The number of carbonyl (C=O) groups is 1. The first-order chi connectivity index (χ1) is 15.6. The smallest absolute Gasteiger partial charge is 0.248 e. The summed E-state index contributed by atoms with van der Waals surface area (Å²) in [6.07, 6.45) is 5.82. The van der Waals surface area contributed by atoms with E-state index in [4.69, 9.17) is 18.7 Å². The first kappa shape index (κ1) is 21.4. The quantitative estimate of drug-likeness (QED) is 0.503. The number of aromatic nitrogens is 2. The summed E-state index contributed by atoms with van der Waals surface area (Å²) in [5.74, 6) is 3.01. The molecule has 1 saturated carbocycles. The number of hydrogen-bond donors (Lipinski definition) is 1. The van der Waals surface area contributed by atoms with E-state index < -0.39 is 0 Å². The van der Waals surface area contributed by atoms with Crippen LogP contribution >= 0.6 is 0 Å². The highest BCUT2D eigenvalue weighted by atomic mass is 16.5. The van der Waals surface area contributed by atoms with Crippen LogP contribution in [-0.4, -0.2) is 37.4 Å². The topological polar surface area (TPSA) is 95.7 Å². The normalized spacial score (nSPS) is 13.2. The molecule has 8 nitrogen and oxygen atoms in total. The molecule has 0 bridgehead atoms. The zero-order valence-corrected chi connectivity index (χ0v) is 18.3. The van der Waals surface area contributed by atoms with Gasteiger partial charge in [-0.3, -0.25) is 4.79 Å². The van der Waals surface area contributed by atoms with Crippen LogP contribution in [0.4, 0.5) is 5.69 Å². The Morgan fingerprint density at radius 3 is 2.50 bits per heavy atom. The van der Waals surface area contributed by atoms with Crippen LogP contribution in [0.3, 0.4) is 0 Å². The van der Waals surface area contributed by atoms with Crippen LogP contribution in [0.15, 0.2) is 47.0 Å². The van der Waals surface area contributed by atoms with Crippen molar-refractivity contribution in [3.05, 3.63) is 65.3 Å². The average Bonchev–Trinajstić information content (AvgIpc) is 3.56. The fraction of sp³-hybridized carbons (Fsp3) is 0.292. The molecule has 2 aromatic carbocycles. The molecule has 0 atom stereocenters. The first-order valence-electron chi connectivity index (χ1n) is 10.3. The fourth-order valence-corrected chi connectivity index (χ4v) is 3.35. The number of carbonyl (C=O) groups excluding carboxylic acids is 1. The molecule has 1 N–H and O–H groups in total. The Labute approximate surface area is 186 Å².